The summed E-state index contributed by atoms with van der Waals surface area (Å²) >= 11 is 5.99. The molecular formula is C14H20ClN3O2. The third-order valence-electron chi connectivity index (χ3n) is 3.27. The van der Waals surface area contributed by atoms with Crippen LogP contribution in [0.2, 0.25) is 5.02 Å². The van der Waals surface area contributed by atoms with Crippen molar-refractivity contribution in [3.63, 3.8) is 0 Å². The van der Waals surface area contributed by atoms with E-state index in [1.807, 2.05) is 13.8 Å². The smallest absolute Gasteiger partial charge is 0.271 e. The average Bonchev–Trinajstić information content (AvgIpc) is 2.92. The number of carbonyl (C=O) groups excluding carboxylic acids is 1. The van der Waals surface area contributed by atoms with Gasteiger partial charge in [0, 0.05) is 19.1 Å². The number of carbonyl (C=O) groups is 1. The first-order valence-corrected chi connectivity index (χ1v) is 7.38. The van der Waals surface area contributed by atoms with E-state index in [-0.39, 0.29) is 28.6 Å². The molecule has 0 aliphatic carbocycles. The zero-order valence-corrected chi connectivity index (χ0v) is 12.6. The molecule has 1 aromatic heterocycles. The summed E-state index contributed by atoms with van der Waals surface area (Å²) in [6.45, 7) is 5.35. The number of rotatable bonds is 5. The SMILES string of the molecule is CC(C)c1ncc(Cl)c(C(=O)NCCC2CCCO2)n1. The summed E-state index contributed by atoms with van der Waals surface area (Å²) in [5.74, 6) is 0.529. The molecule has 1 aliphatic rings. The van der Waals surface area contributed by atoms with E-state index >= 15 is 0 Å². The van der Waals surface area contributed by atoms with Crippen molar-refractivity contribution < 1.29 is 9.53 Å². The van der Waals surface area contributed by atoms with Crippen LogP contribution in [0.25, 0.3) is 0 Å². The lowest BCUT2D eigenvalue weighted by Gasteiger charge is -2.11. The molecule has 20 heavy (non-hydrogen) atoms. The topological polar surface area (TPSA) is 64.1 Å². The Morgan fingerprint density at radius 3 is 3.05 bits per heavy atom. The fraction of sp³-hybridized carbons (Fsp3) is 0.643. The van der Waals surface area contributed by atoms with Gasteiger partial charge in [-0.05, 0) is 19.3 Å². The molecule has 6 heteroatoms. The summed E-state index contributed by atoms with van der Waals surface area (Å²) < 4.78 is 5.51. The second-order valence-corrected chi connectivity index (χ2v) is 5.67. The molecule has 1 saturated heterocycles. The first-order chi connectivity index (χ1) is 9.58. The van der Waals surface area contributed by atoms with Crippen LogP contribution in [0, 0.1) is 0 Å². The maximum absolute atomic E-state index is 12.1. The third kappa shape index (κ3) is 3.90. The molecule has 2 rings (SSSR count). The quantitative estimate of drug-likeness (QED) is 0.907. The molecule has 0 bridgehead atoms. The Kier molecular flexibility index (Phi) is 5.31. The van der Waals surface area contributed by atoms with Crippen molar-refractivity contribution in [2.24, 2.45) is 0 Å². The van der Waals surface area contributed by atoms with Crippen LogP contribution in [0.1, 0.15) is 55.3 Å². The van der Waals surface area contributed by atoms with Crippen LogP contribution in [0.4, 0.5) is 0 Å². The number of nitrogens with one attached hydrogen (secondary N) is 1. The van der Waals surface area contributed by atoms with Gasteiger partial charge in [0.25, 0.3) is 5.91 Å². The Balaban J connectivity index is 1.92. The van der Waals surface area contributed by atoms with E-state index in [0.717, 1.165) is 25.9 Å². The van der Waals surface area contributed by atoms with Gasteiger partial charge in [-0.15, -0.1) is 0 Å². The lowest BCUT2D eigenvalue weighted by molar-refractivity contribution is 0.0903. The summed E-state index contributed by atoms with van der Waals surface area (Å²) in [6, 6.07) is 0. The van der Waals surface area contributed by atoms with Crippen molar-refractivity contribution in [1.29, 1.82) is 0 Å². The van der Waals surface area contributed by atoms with E-state index in [0.29, 0.717) is 12.4 Å². The minimum absolute atomic E-state index is 0.158. The number of hydrogen-bond acceptors (Lipinski definition) is 4. The van der Waals surface area contributed by atoms with Crippen molar-refractivity contribution in [3.8, 4) is 0 Å². The second kappa shape index (κ2) is 6.99. The van der Waals surface area contributed by atoms with Crippen LogP contribution in [0.5, 0.6) is 0 Å². The minimum atomic E-state index is -0.253. The fourth-order valence-corrected chi connectivity index (χ4v) is 2.30. The van der Waals surface area contributed by atoms with E-state index in [2.05, 4.69) is 15.3 Å². The molecule has 0 radical (unpaired) electrons. The van der Waals surface area contributed by atoms with Gasteiger partial charge in [-0.3, -0.25) is 4.79 Å². The Morgan fingerprint density at radius 2 is 2.40 bits per heavy atom. The molecule has 2 heterocycles. The van der Waals surface area contributed by atoms with Crippen LogP contribution in [-0.4, -0.2) is 35.1 Å². The summed E-state index contributed by atoms with van der Waals surface area (Å²) in [6.07, 6.45) is 4.75. The summed E-state index contributed by atoms with van der Waals surface area (Å²) in [4.78, 5) is 20.4. The summed E-state index contributed by atoms with van der Waals surface area (Å²) in [7, 11) is 0. The zero-order chi connectivity index (χ0) is 14.5. The van der Waals surface area contributed by atoms with Gasteiger partial charge in [-0.1, -0.05) is 25.4 Å². The largest absolute Gasteiger partial charge is 0.378 e. The number of nitrogens with zero attached hydrogens (tertiary/aromatic N) is 2. The van der Waals surface area contributed by atoms with Crippen LogP contribution in [0.15, 0.2) is 6.20 Å². The number of hydrogen-bond donors (Lipinski definition) is 1. The van der Waals surface area contributed by atoms with Gasteiger partial charge in [-0.25, -0.2) is 9.97 Å². The maximum Gasteiger partial charge on any atom is 0.271 e. The first kappa shape index (κ1) is 15.2. The average molecular weight is 298 g/mol. The van der Waals surface area contributed by atoms with Gasteiger partial charge in [0.1, 0.15) is 11.5 Å². The van der Waals surface area contributed by atoms with Crippen molar-refractivity contribution in [1.82, 2.24) is 15.3 Å². The van der Waals surface area contributed by atoms with Crippen molar-refractivity contribution in [3.05, 3.63) is 22.7 Å². The molecule has 110 valence electrons. The first-order valence-electron chi connectivity index (χ1n) is 7.00. The number of halogens is 1. The Bertz CT molecular complexity index is 473. The lowest BCUT2D eigenvalue weighted by atomic mass is 10.2. The van der Waals surface area contributed by atoms with Crippen LogP contribution >= 0.6 is 11.6 Å². The minimum Gasteiger partial charge on any atom is -0.378 e. The molecule has 5 nitrogen and oxygen atoms in total. The molecule has 1 aliphatic heterocycles. The van der Waals surface area contributed by atoms with Gasteiger partial charge < -0.3 is 10.1 Å². The van der Waals surface area contributed by atoms with Crippen LogP contribution in [-0.2, 0) is 4.74 Å². The highest BCUT2D eigenvalue weighted by Gasteiger charge is 2.18. The van der Waals surface area contributed by atoms with Gasteiger partial charge in [0.2, 0.25) is 0 Å². The van der Waals surface area contributed by atoms with Gasteiger partial charge >= 0.3 is 0 Å². The van der Waals surface area contributed by atoms with E-state index in [4.69, 9.17) is 16.3 Å². The number of ether oxygens (including phenoxy) is 1. The monoisotopic (exact) mass is 297 g/mol. The van der Waals surface area contributed by atoms with Crippen molar-refractivity contribution in [2.45, 2.75) is 45.1 Å². The van der Waals surface area contributed by atoms with E-state index in [1.54, 1.807) is 0 Å². The lowest BCUT2D eigenvalue weighted by Crippen LogP contribution is -2.28. The summed E-state index contributed by atoms with van der Waals surface area (Å²) in [5, 5.41) is 3.12. The summed E-state index contributed by atoms with van der Waals surface area (Å²) in [5.41, 5.74) is 0.248. The third-order valence-corrected chi connectivity index (χ3v) is 3.55. The molecule has 0 spiro atoms. The fourth-order valence-electron chi connectivity index (χ4n) is 2.12. The predicted molar refractivity (Wildman–Crippen MR) is 77.1 cm³/mol. The number of aromatic nitrogens is 2. The number of amides is 1. The van der Waals surface area contributed by atoms with Gasteiger partial charge in [0.15, 0.2) is 0 Å². The van der Waals surface area contributed by atoms with Crippen LogP contribution < -0.4 is 5.32 Å². The van der Waals surface area contributed by atoms with E-state index in [9.17, 15) is 4.79 Å². The van der Waals surface area contributed by atoms with E-state index < -0.39 is 0 Å². The Morgan fingerprint density at radius 1 is 1.60 bits per heavy atom. The molecule has 1 fully saturated rings. The zero-order valence-electron chi connectivity index (χ0n) is 11.9. The van der Waals surface area contributed by atoms with Crippen molar-refractivity contribution in [2.75, 3.05) is 13.2 Å². The van der Waals surface area contributed by atoms with Gasteiger partial charge in [0.05, 0.1) is 17.3 Å². The highest BCUT2D eigenvalue weighted by atomic mass is 35.5. The molecular weight excluding hydrogens is 278 g/mol. The standard InChI is InChI=1S/C14H20ClN3O2/c1-9(2)13-17-8-11(15)12(18-13)14(19)16-6-5-10-4-3-7-20-10/h8-10H,3-7H2,1-2H3,(H,16,19). The molecule has 1 N–H and O–H groups in total. The molecule has 1 atom stereocenters. The second-order valence-electron chi connectivity index (χ2n) is 5.26. The molecule has 0 saturated carbocycles. The van der Waals surface area contributed by atoms with Gasteiger partial charge in [-0.2, -0.15) is 0 Å². The highest BCUT2D eigenvalue weighted by Crippen LogP contribution is 2.17. The van der Waals surface area contributed by atoms with Crippen LogP contribution in [0.3, 0.4) is 0 Å². The van der Waals surface area contributed by atoms with Crippen molar-refractivity contribution >= 4 is 17.5 Å². The maximum atomic E-state index is 12.1. The molecule has 1 unspecified atom stereocenters. The highest BCUT2D eigenvalue weighted by molar-refractivity contribution is 6.33. The molecule has 1 aromatic rings. The molecule has 1 amide bonds. The Hall–Kier alpha value is -1.20. The molecule has 0 aromatic carbocycles. The normalized spacial score (nSPS) is 18.5. The Labute approximate surface area is 124 Å². The van der Waals surface area contributed by atoms with E-state index in [1.165, 1.54) is 6.20 Å². The predicted octanol–water partition coefficient (Wildman–Crippen LogP) is 2.55.